The summed E-state index contributed by atoms with van der Waals surface area (Å²) in [5.74, 6) is -1.62. The van der Waals surface area contributed by atoms with E-state index in [1.165, 1.54) is 17.7 Å². The fourth-order valence-electron chi connectivity index (χ4n) is 2.24. The van der Waals surface area contributed by atoms with Crippen LogP contribution in [0.5, 0.6) is 0 Å². The molecule has 1 heterocycles. The fourth-order valence-corrected chi connectivity index (χ4v) is 2.24. The van der Waals surface area contributed by atoms with Crippen molar-refractivity contribution in [3.05, 3.63) is 53.6 Å². The summed E-state index contributed by atoms with van der Waals surface area (Å²) in [7, 11) is 0. The van der Waals surface area contributed by atoms with Gasteiger partial charge in [-0.3, -0.25) is 0 Å². The van der Waals surface area contributed by atoms with Crippen molar-refractivity contribution < 1.29 is 8.78 Å². The molecule has 0 bridgehead atoms. The summed E-state index contributed by atoms with van der Waals surface area (Å²) in [6, 6.07) is 9.93. The number of hydrogen-bond acceptors (Lipinski definition) is 1. The highest BCUT2D eigenvalue weighted by molar-refractivity contribution is 5.81. The molecule has 0 radical (unpaired) electrons. The van der Waals surface area contributed by atoms with Crippen molar-refractivity contribution in [3.63, 3.8) is 0 Å². The Morgan fingerprint density at radius 1 is 1.00 bits per heavy atom. The minimum Gasteiger partial charge on any atom is -0.384 e. The van der Waals surface area contributed by atoms with Gasteiger partial charge in [-0.2, -0.15) is 0 Å². The van der Waals surface area contributed by atoms with E-state index < -0.39 is 11.6 Å². The quantitative estimate of drug-likeness (QED) is 0.790. The first kappa shape index (κ1) is 10.3. The van der Waals surface area contributed by atoms with Gasteiger partial charge < -0.3 is 5.32 Å². The van der Waals surface area contributed by atoms with Crippen LogP contribution >= 0.6 is 0 Å². The summed E-state index contributed by atoms with van der Waals surface area (Å²) in [4.78, 5) is 0. The summed E-state index contributed by atoms with van der Waals surface area (Å²) in [5, 5.41) is 3.29. The second-order valence-corrected chi connectivity index (χ2v) is 4.15. The van der Waals surface area contributed by atoms with Crippen LogP contribution in [0, 0.1) is 11.6 Å². The molecule has 0 fully saturated rings. The van der Waals surface area contributed by atoms with E-state index in [4.69, 9.17) is 0 Å². The average Bonchev–Trinajstić information content (AvgIpc) is 2.80. The molecule has 0 spiro atoms. The molecule has 17 heavy (non-hydrogen) atoms. The van der Waals surface area contributed by atoms with Crippen molar-refractivity contribution in [3.8, 4) is 11.1 Å². The normalized spacial score (nSPS) is 13.3. The molecule has 1 nitrogen and oxygen atoms in total. The highest BCUT2D eigenvalue weighted by Crippen LogP contribution is 2.34. The minimum atomic E-state index is -0.811. The third-order valence-electron chi connectivity index (χ3n) is 3.08. The number of rotatable bonds is 1. The van der Waals surface area contributed by atoms with Gasteiger partial charge in [-0.05, 0) is 29.7 Å². The second-order valence-electron chi connectivity index (χ2n) is 4.15. The molecule has 1 aliphatic rings. The Hall–Kier alpha value is -1.90. The lowest BCUT2D eigenvalue weighted by Gasteiger charge is -2.09. The van der Waals surface area contributed by atoms with Gasteiger partial charge >= 0.3 is 0 Å². The van der Waals surface area contributed by atoms with E-state index >= 15 is 0 Å². The van der Waals surface area contributed by atoms with Crippen LogP contribution in [0.15, 0.2) is 36.4 Å². The van der Waals surface area contributed by atoms with Gasteiger partial charge in [0.15, 0.2) is 11.6 Å². The number of fused-ring (bicyclic) bond motifs is 1. The van der Waals surface area contributed by atoms with E-state index in [1.807, 2.05) is 12.1 Å². The maximum atomic E-state index is 13.2. The number of anilines is 1. The molecule has 0 aromatic heterocycles. The highest BCUT2D eigenvalue weighted by Gasteiger charge is 2.15. The first-order valence-electron chi connectivity index (χ1n) is 5.57. The zero-order chi connectivity index (χ0) is 11.8. The second kappa shape index (κ2) is 3.84. The van der Waals surface area contributed by atoms with Crippen molar-refractivity contribution >= 4 is 5.69 Å². The molecule has 0 amide bonds. The van der Waals surface area contributed by atoms with Crippen LogP contribution in [0.2, 0.25) is 0 Å². The highest BCUT2D eigenvalue weighted by atomic mass is 19.2. The van der Waals surface area contributed by atoms with Crippen LogP contribution in [-0.4, -0.2) is 6.54 Å². The van der Waals surface area contributed by atoms with Crippen LogP contribution in [0.25, 0.3) is 11.1 Å². The van der Waals surface area contributed by atoms with E-state index in [1.54, 1.807) is 6.07 Å². The van der Waals surface area contributed by atoms with Gasteiger partial charge in [0.25, 0.3) is 0 Å². The maximum absolute atomic E-state index is 13.2. The van der Waals surface area contributed by atoms with Crippen LogP contribution in [-0.2, 0) is 6.42 Å². The Bertz CT molecular complexity index is 578. The lowest BCUT2D eigenvalue weighted by Crippen LogP contribution is -1.94. The zero-order valence-electron chi connectivity index (χ0n) is 9.13. The summed E-state index contributed by atoms with van der Waals surface area (Å²) < 4.78 is 26.1. The fraction of sp³-hybridized carbons (Fsp3) is 0.143. The molecule has 0 saturated carbocycles. The summed E-state index contributed by atoms with van der Waals surface area (Å²) >= 11 is 0. The Labute approximate surface area is 98.1 Å². The van der Waals surface area contributed by atoms with E-state index in [-0.39, 0.29) is 0 Å². The molecule has 1 N–H and O–H groups in total. The molecule has 2 aromatic rings. The van der Waals surface area contributed by atoms with E-state index in [0.717, 1.165) is 24.2 Å². The number of benzene rings is 2. The van der Waals surface area contributed by atoms with Crippen molar-refractivity contribution in [1.82, 2.24) is 0 Å². The lowest BCUT2D eigenvalue weighted by molar-refractivity contribution is 0.509. The molecule has 2 aromatic carbocycles. The smallest absolute Gasteiger partial charge is 0.159 e. The van der Waals surface area contributed by atoms with E-state index in [0.29, 0.717) is 5.56 Å². The third kappa shape index (κ3) is 1.68. The monoisotopic (exact) mass is 231 g/mol. The molecule has 1 aliphatic heterocycles. The van der Waals surface area contributed by atoms with Crippen molar-refractivity contribution in [2.24, 2.45) is 0 Å². The van der Waals surface area contributed by atoms with Crippen LogP contribution < -0.4 is 5.32 Å². The predicted octanol–water partition coefficient (Wildman–Crippen LogP) is 3.60. The molecule has 0 unspecified atom stereocenters. The Kier molecular flexibility index (Phi) is 2.32. The molecule has 0 atom stereocenters. The molecule has 0 saturated heterocycles. The van der Waals surface area contributed by atoms with Gasteiger partial charge in [-0.1, -0.05) is 24.3 Å². The molecule has 86 valence electrons. The largest absolute Gasteiger partial charge is 0.384 e. The predicted molar refractivity (Wildman–Crippen MR) is 64.0 cm³/mol. The zero-order valence-corrected chi connectivity index (χ0v) is 9.13. The number of para-hydroxylation sites is 1. The average molecular weight is 231 g/mol. The Morgan fingerprint density at radius 3 is 2.71 bits per heavy atom. The molecular formula is C14H11F2N. The van der Waals surface area contributed by atoms with Crippen molar-refractivity contribution in [2.75, 3.05) is 11.9 Å². The van der Waals surface area contributed by atoms with Crippen LogP contribution in [0.3, 0.4) is 0 Å². The molecule has 3 heteroatoms. The Morgan fingerprint density at radius 2 is 1.88 bits per heavy atom. The van der Waals surface area contributed by atoms with Crippen molar-refractivity contribution in [1.29, 1.82) is 0 Å². The number of hydrogen-bond donors (Lipinski definition) is 1. The summed E-state index contributed by atoms with van der Waals surface area (Å²) in [6.07, 6.45) is 0.979. The van der Waals surface area contributed by atoms with Gasteiger partial charge in [-0.15, -0.1) is 0 Å². The SMILES string of the molecule is Fc1ccc(-c2cccc3c2NCC3)cc1F. The molecular weight excluding hydrogens is 220 g/mol. The first-order chi connectivity index (χ1) is 8.25. The van der Waals surface area contributed by atoms with E-state index in [2.05, 4.69) is 11.4 Å². The molecule has 3 rings (SSSR count). The van der Waals surface area contributed by atoms with Gasteiger partial charge in [0, 0.05) is 17.8 Å². The summed E-state index contributed by atoms with van der Waals surface area (Å²) in [5.41, 5.74) is 3.90. The third-order valence-corrected chi connectivity index (χ3v) is 3.08. The lowest BCUT2D eigenvalue weighted by atomic mass is 10.0. The Balaban J connectivity index is 2.15. The van der Waals surface area contributed by atoms with Gasteiger partial charge in [0.2, 0.25) is 0 Å². The topological polar surface area (TPSA) is 12.0 Å². The maximum Gasteiger partial charge on any atom is 0.159 e. The standard InChI is InChI=1S/C14H11F2N/c15-12-5-4-10(8-13(12)16)11-3-1-2-9-6-7-17-14(9)11/h1-5,8,17H,6-7H2. The van der Waals surface area contributed by atoms with Gasteiger partial charge in [0.05, 0.1) is 0 Å². The number of nitrogens with one attached hydrogen (secondary N) is 1. The first-order valence-corrected chi connectivity index (χ1v) is 5.57. The minimum absolute atomic E-state index is 0.704. The van der Waals surface area contributed by atoms with Crippen LogP contribution in [0.4, 0.5) is 14.5 Å². The van der Waals surface area contributed by atoms with Gasteiger partial charge in [-0.25, -0.2) is 8.78 Å². The van der Waals surface area contributed by atoms with Crippen LogP contribution in [0.1, 0.15) is 5.56 Å². The van der Waals surface area contributed by atoms with E-state index in [9.17, 15) is 8.78 Å². The summed E-state index contributed by atoms with van der Waals surface area (Å²) in [6.45, 7) is 0.899. The molecule has 0 aliphatic carbocycles. The number of halogens is 2. The van der Waals surface area contributed by atoms with Gasteiger partial charge in [0.1, 0.15) is 0 Å². The van der Waals surface area contributed by atoms with Crippen molar-refractivity contribution in [2.45, 2.75) is 6.42 Å².